The molecule has 3 rings (SSSR count). The second kappa shape index (κ2) is 7.26. The van der Waals surface area contributed by atoms with Gasteiger partial charge >= 0.3 is 6.18 Å². The number of allylic oxidation sites excluding steroid dienone is 1. The minimum atomic E-state index is -4.56. The van der Waals surface area contributed by atoms with E-state index in [0.29, 0.717) is 36.5 Å². The highest BCUT2D eigenvalue weighted by Crippen LogP contribution is 2.37. The number of nitriles is 1. The number of benzene rings is 1. The molecule has 0 unspecified atom stereocenters. The molecule has 1 aliphatic rings. The average Bonchev–Trinajstić information content (AvgIpc) is 2.85. The zero-order chi connectivity index (χ0) is 18.7. The van der Waals surface area contributed by atoms with Crippen molar-refractivity contribution < 1.29 is 22.6 Å². The lowest BCUT2D eigenvalue weighted by Gasteiger charge is -2.11. The molecule has 26 heavy (non-hydrogen) atoms. The van der Waals surface area contributed by atoms with Crippen molar-refractivity contribution in [2.75, 3.05) is 13.2 Å². The molecular weight excluding hydrogens is 369 g/mol. The Labute approximate surface area is 152 Å². The molecule has 1 aromatic heterocycles. The van der Waals surface area contributed by atoms with Crippen LogP contribution in [0.15, 0.2) is 30.5 Å². The molecule has 1 aliphatic heterocycles. The zero-order valence-corrected chi connectivity index (χ0v) is 14.1. The maximum absolute atomic E-state index is 12.7. The molecular formula is C18H12ClF3N2O2. The normalized spacial score (nSPS) is 14.5. The first kappa shape index (κ1) is 18.1. The third-order valence-electron chi connectivity index (χ3n) is 3.65. The first-order valence-corrected chi connectivity index (χ1v) is 8.01. The number of hydrogen-bond acceptors (Lipinski definition) is 4. The number of ether oxygens (including phenoxy) is 2. The maximum atomic E-state index is 12.7. The quantitative estimate of drug-likeness (QED) is 0.689. The Morgan fingerprint density at radius 1 is 1.27 bits per heavy atom. The molecule has 0 fully saturated rings. The lowest BCUT2D eigenvalue weighted by molar-refractivity contribution is -0.137. The first-order chi connectivity index (χ1) is 12.4. The Kier molecular flexibility index (Phi) is 5.05. The van der Waals surface area contributed by atoms with E-state index in [1.165, 1.54) is 6.08 Å². The van der Waals surface area contributed by atoms with Gasteiger partial charge in [0.2, 0.25) is 0 Å². The molecule has 0 N–H and O–H groups in total. The number of para-hydroxylation sites is 1. The molecule has 8 heteroatoms. The minimum absolute atomic E-state index is 0.0185. The highest BCUT2D eigenvalue weighted by molar-refractivity contribution is 6.32. The molecule has 0 amide bonds. The first-order valence-electron chi connectivity index (χ1n) is 7.63. The van der Waals surface area contributed by atoms with Gasteiger partial charge in [0.15, 0.2) is 11.5 Å². The number of alkyl halides is 3. The van der Waals surface area contributed by atoms with Gasteiger partial charge in [-0.1, -0.05) is 23.7 Å². The smallest absolute Gasteiger partial charge is 0.417 e. The molecule has 0 bridgehead atoms. The van der Waals surface area contributed by atoms with E-state index in [9.17, 15) is 18.4 Å². The summed E-state index contributed by atoms with van der Waals surface area (Å²) in [6.45, 7) is 0.969. The molecule has 4 nitrogen and oxygen atoms in total. The topological polar surface area (TPSA) is 55.1 Å². The van der Waals surface area contributed by atoms with Crippen molar-refractivity contribution in [1.82, 2.24) is 4.98 Å². The predicted octanol–water partition coefficient (Wildman–Crippen LogP) is 4.98. The van der Waals surface area contributed by atoms with Gasteiger partial charge in [-0.05, 0) is 18.2 Å². The zero-order valence-electron chi connectivity index (χ0n) is 13.3. The van der Waals surface area contributed by atoms with Crippen LogP contribution in [0.3, 0.4) is 0 Å². The van der Waals surface area contributed by atoms with Crippen LogP contribution in [0.1, 0.15) is 23.2 Å². The summed E-state index contributed by atoms with van der Waals surface area (Å²) < 4.78 is 49.5. The standard InChI is InChI=1S/C18H12ClF3N2O2/c19-14-8-13(18(20,21)22)10-24-16(14)12(9-23)7-11-3-1-4-15-17(11)26-6-2-5-25-15/h1,3-4,7-8,10H,2,5-6H2/b12-7+. The summed E-state index contributed by atoms with van der Waals surface area (Å²) in [5.41, 5.74) is -0.438. The van der Waals surface area contributed by atoms with E-state index in [4.69, 9.17) is 21.1 Å². The van der Waals surface area contributed by atoms with Gasteiger partial charge in [-0.3, -0.25) is 4.98 Å². The van der Waals surface area contributed by atoms with Crippen molar-refractivity contribution in [2.24, 2.45) is 0 Å². The number of hydrogen-bond donors (Lipinski definition) is 0. The van der Waals surface area contributed by atoms with Crippen LogP contribution in [0, 0.1) is 11.3 Å². The fourth-order valence-corrected chi connectivity index (χ4v) is 2.70. The summed E-state index contributed by atoms with van der Waals surface area (Å²) in [6, 6.07) is 7.86. The van der Waals surface area contributed by atoms with E-state index in [2.05, 4.69) is 4.98 Å². The van der Waals surface area contributed by atoms with Gasteiger partial charge < -0.3 is 9.47 Å². The number of fused-ring (bicyclic) bond motifs is 1. The van der Waals surface area contributed by atoms with Crippen LogP contribution in [0.2, 0.25) is 5.02 Å². The van der Waals surface area contributed by atoms with Gasteiger partial charge in [0.1, 0.15) is 6.07 Å². The monoisotopic (exact) mass is 380 g/mol. The average molecular weight is 381 g/mol. The Balaban J connectivity index is 2.04. The molecule has 2 heterocycles. The summed E-state index contributed by atoms with van der Waals surface area (Å²) >= 11 is 5.93. The Morgan fingerprint density at radius 3 is 2.73 bits per heavy atom. The lowest BCUT2D eigenvalue weighted by Crippen LogP contribution is -2.06. The van der Waals surface area contributed by atoms with Gasteiger partial charge in [-0.2, -0.15) is 18.4 Å². The van der Waals surface area contributed by atoms with Gasteiger partial charge in [0, 0.05) is 18.2 Å². The molecule has 0 radical (unpaired) electrons. The fourth-order valence-electron chi connectivity index (χ4n) is 2.43. The SMILES string of the molecule is N#C/C(=C\c1cccc2c1OCCCO2)c1ncc(C(F)(F)F)cc1Cl. The Hall–Kier alpha value is -2.72. The molecule has 0 spiro atoms. The molecule has 0 atom stereocenters. The summed E-state index contributed by atoms with van der Waals surface area (Å²) in [7, 11) is 0. The molecule has 2 aromatic rings. The molecule has 1 aromatic carbocycles. The summed E-state index contributed by atoms with van der Waals surface area (Å²) in [5, 5.41) is 9.19. The van der Waals surface area contributed by atoms with Crippen molar-refractivity contribution in [1.29, 1.82) is 5.26 Å². The minimum Gasteiger partial charge on any atom is -0.490 e. The van der Waals surface area contributed by atoms with Crippen LogP contribution in [0.5, 0.6) is 11.5 Å². The molecule has 134 valence electrons. The van der Waals surface area contributed by atoms with Crippen molar-refractivity contribution >= 4 is 23.3 Å². The van der Waals surface area contributed by atoms with Crippen molar-refractivity contribution in [3.8, 4) is 17.6 Å². The Bertz CT molecular complexity index is 904. The maximum Gasteiger partial charge on any atom is 0.417 e. The van der Waals surface area contributed by atoms with Gasteiger partial charge in [0.25, 0.3) is 0 Å². The third-order valence-corrected chi connectivity index (χ3v) is 3.93. The molecule has 0 saturated carbocycles. The van der Waals surface area contributed by atoms with E-state index in [1.54, 1.807) is 18.2 Å². The van der Waals surface area contributed by atoms with Crippen LogP contribution in [-0.4, -0.2) is 18.2 Å². The predicted molar refractivity (Wildman–Crippen MR) is 89.8 cm³/mol. The van der Waals surface area contributed by atoms with E-state index in [-0.39, 0.29) is 16.3 Å². The van der Waals surface area contributed by atoms with E-state index in [0.717, 1.165) is 12.5 Å². The molecule has 0 saturated heterocycles. The van der Waals surface area contributed by atoms with Gasteiger partial charge in [-0.15, -0.1) is 0 Å². The van der Waals surface area contributed by atoms with Crippen molar-refractivity contribution in [3.05, 3.63) is 52.3 Å². The number of halogens is 4. The highest BCUT2D eigenvalue weighted by atomic mass is 35.5. The second-order valence-corrected chi connectivity index (χ2v) is 5.85. The number of rotatable bonds is 2. The van der Waals surface area contributed by atoms with Crippen LogP contribution in [0.4, 0.5) is 13.2 Å². The summed E-state index contributed by atoms with van der Waals surface area (Å²) in [4.78, 5) is 3.73. The number of pyridine rings is 1. The second-order valence-electron chi connectivity index (χ2n) is 5.45. The van der Waals surface area contributed by atoms with Gasteiger partial charge in [-0.25, -0.2) is 0 Å². The lowest BCUT2D eigenvalue weighted by atomic mass is 10.1. The Morgan fingerprint density at radius 2 is 2.04 bits per heavy atom. The summed E-state index contributed by atoms with van der Waals surface area (Å²) in [6.07, 6.45) is -1.73. The van der Waals surface area contributed by atoms with Crippen LogP contribution in [-0.2, 0) is 6.18 Å². The third kappa shape index (κ3) is 3.75. The van der Waals surface area contributed by atoms with E-state index in [1.807, 2.05) is 6.07 Å². The fraction of sp³-hybridized carbons (Fsp3) is 0.222. The van der Waals surface area contributed by atoms with Gasteiger partial charge in [0.05, 0.1) is 35.1 Å². The van der Waals surface area contributed by atoms with E-state index >= 15 is 0 Å². The number of nitrogens with zero attached hydrogens (tertiary/aromatic N) is 2. The summed E-state index contributed by atoms with van der Waals surface area (Å²) in [5.74, 6) is 1.01. The van der Waals surface area contributed by atoms with Crippen molar-refractivity contribution in [3.63, 3.8) is 0 Å². The largest absolute Gasteiger partial charge is 0.490 e. The van der Waals surface area contributed by atoms with E-state index < -0.39 is 11.7 Å². The van der Waals surface area contributed by atoms with Crippen LogP contribution >= 0.6 is 11.6 Å². The van der Waals surface area contributed by atoms with Crippen LogP contribution in [0.25, 0.3) is 11.6 Å². The van der Waals surface area contributed by atoms with Crippen LogP contribution < -0.4 is 9.47 Å². The van der Waals surface area contributed by atoms with Crippen molar-refractivity contribution in [2.45, 2.75) is 12.6 Å². The number of aromatic nitrogens is 1. The highest BCUT2D eigenvalue weighted by Gasteiger charge is 2.31. The molecule has 0 aliphatic carbocycles.